The number of nitrogens with zero attached hydrogens (tertiary/aromatic N) is 3. The maximum Gasteiger partial charge on any atom is 0.129 e. The molecule has 18 heavy (non-hydrogen) atoms. The first kappa shape index (κ1) is 14.9. The van der Waals surface area contributed by atoms with Crippen LogP contribution in [0.4, 0.5) is 5.82 Å². The fourth-order valence-electron chi connectivity index (χ4n) is 2.23. The SMILES string of the molecule is Cc1cc(NCCN(C(C)C)C(C)C)nc(C)n1. The normalized spacial score (nSPS) is 11.6. The molecule has 0 fully saturated rings. The summed E-state index contributed by atoms with van der Waals surface area (Å²) in [5.41, 5.74) is 1.01. The van der Waals surface area contributed by atoms with Crippen LogP contribution in [0.15, 0.2) is 6.07 Å². The van der Waals surface area contributed by atoms with Crippen molar-refractivity contribution in [2.75, 3.05) is 18.4 Å². The van der Waals surface area contributed by atoms with Crippen LogP contribution in [0, 0.1) is 13.8 Å². The average molecular weight is 250 g/mol. The van der Waals surface area contributed by atoms with Gasteiger partial charge in [0.2, 0.25) is 0 Å². The van der Waals surface area contributed by atoms with Gasteiger partial charge in [-0.1, -0.05) is 0 Å². The summed E-state index contributed by atoms with van der Waals surface area (Å²) in [6.07, 6.45) is 0. The van der Waals surface area contributed by atoms with Crippen molar-refractivity contribution in [2.24, 2.45) is 0 Å². The molecule has 1 heterocycles. The molecular formula is C14H26N4. The third kappa shape index (κ3) is 4.61. The summed E-state index contributed by atoms with van der Waals surface area (Å²) in [4.78, 5) is 11.1. The second-order valence-electron chi connectivity index (χ2n) is 5.29. The molecule has 0 radical (unpaired) electrons. The van der Waals surface area contributed by atoms with E-state index in [9.17, 15) is 0 Å². The third-order valence-corrected chi connectivity index (χ3v) is 2.97. The van der Waals surface area contributed by atoms with Crippen LogP contribution in [0.1, 0.15) is 39.2 Å². The first-order valence-corrected chi connectivity index (χ1v) is 6.72. The van der Waals surface area contributed by atoms with Crippen LogP contribution in [-0.4, -0.2) is 40.0 Å². The first-order chi connectivity index (χ1) is 8.40. The first-order valence-electron chi connectivity index (χ1n) is 6.72. The zero-order chi connectivity index (χ0) is 13.7. The summed E-state index contributed by atoms with van der Waals surface area (Å²) >= 11 is 0. The molecule has 4 heteroatoms. The lowest BCUT2D eigenvalue weighted by molar-refractivity contribution is 0.182. The van der Waals surface area contributed by atoms with Gasteiger partial charge in [0.25, 0.3) is 0 Å². The highest BCUT2D eigenvalue weighted by atomic mass is 15.2. The van der Waals surface area contributed by atoms with Gasteiger partial charge in [0.15, 0.2) is 0 Å². The Morgan fingerprint density at radius 1 is 1.11 bits per heavy atom. The van der Waals surface area contributed by atoms with Gasteiger partial charge in [-0.15, -0.1) is 0 Å². The fraction of sp³-hybridized carbons (Fsp3) is 0.714. The van der Waals surface area contributed by atoms with Crippen LogP contribution in [0.2, 0.25) is 0 Å². The number of nitrogens with one attached hydrogen (secondary N) is 1. The zero-order valence-corrected chi connectivity index (χ0v) is 12.5. The smallest absolute Gasteiger partial charge is 0.129 e. The van der Waals surface area contributed by atoms with Crippen LogP contribution in [0.25, 0.3) is 0 Å². The summed E-state index contributed by atoms with van der Waals surface area (Å²) in [5, 5.41) is 3.37. The van der Waals surface area contributed by atoms with Gasteiger partial charge >= 0.3 is 0 Å². The highest BCUT2D eigenvalue weighted by molar-refractivity contribution is 5.35. The standard InChI is InChI=1S/C14H26N4/c1-10(2)18(11(3)4)8-7-15-14-9-12(5)16-13(6)17-14/h9-11H,7-8H2,1-6H3,(H,15,16,17). The van der Waals surface area contributed by atoms with Crippen molar-refractivity contribution in [3.8, 4) is 0 Å². The molecule has 0 saturated carbocycles. The minimum absolute atomic E-state index is 0.570. The van der Waals surface area contributed by atoms with Crippen molar-refractivity contribution in [3.63, 3.8) is 0 Å². The Morgan fingerprint density at radius 2 is 1.72 bits per heavy atom. The Kier molecular flexibility index (Phi) is 5.54. The number of aryl methyl sites for hydroxylation is 2. The molecule has 1 aromatic rings. The van der Waals surface area contributed by atoms with Gasteiger partial charge in [-0.3, -0.25) is 4.90 Å². The van der Waals surface area contributed by atoms with E-state index in [1.54, 1.807) is 0 Å². The lowest BCUT2D eigenvalue weighted by Crippen LogP contribution is -2.40. The second kappa shape index (κ2) is 6.69. The van der Waals surface area contributed by atoms with E-state index < -0.39 is 0 Å². The van der Waals surface area contributed by atoms with Gasteiger partial charge in [0, 0.05) is 36.9 Å². The second-order valence-corrected chi connectivity index (χ2v) is 5.29. The fourth-order valence-corrected chi connectivity index (χ4v) is 2.23. The van der Waals surface area contributed by atoms with Crippen molar-refractivity contribution in [2.45, 2.75) is 53.6 Å². The van der Waals surface area contributed by atoms with E-state index >= 15 is 0 Å². The predicted molar refractivity (Wildman–Crippen MR) is 77.0 cm³/mol. The summed E-state index contributed by atoms with van der Waals surface area (Å²) in [7, 11) is 0. The van der Waals surface area contributed by atoms with Crippen LogP contribution in [-0.2, 0) is 0 Å². The highest BCUT2D eigenvalue weighted by Gasteiger charge is 2.12. The van der Waals surface area contributed by atoms with Crippen molar-refractivity contribution in [3.05, 3.63) is 17.6 Å². The lowest BCUT2D eigenvalue weighted by atomic mass is 10.2. The topological polar surface area (TPSA) is 41.0 Å². The molecule has 1 N–H and O–H groups in total. The van der Waals surface area contributed by atoms with Gasteiger partial charge in [-0.2, -0.15) is 0 Å². The molecule has 1 aromatic heterocycles. The van der Waals surface area contributed by atoms with Crippen LogP contribution < -0.4 is 5.32 Å². The van der Waals surface area contributed by atoms with Crippen LogP contribution >= 0.6 is 0 Å². The molecule has 0 unspecified atom stereocenters. The molecule has 0 atom stereocenters. The number of aromatic nitrogens is 2. The van der Waals surface area contributed by atoms with Gasteiger partial charge < -0.3 is 5.32 Å². The Morgan fingerprint density at radius 3 is 2.22 bits per heavy atom. The van der Waals surface area contributed by atoms with E-state index in [1.807, 2.05) is 19.9 Å². The van der Waals surface area contributed by atoms with Gasteiger partial charge in [0.05, 0.1) is 0 Å². The van der Waals surface area contributed by atoms with E-state index in [0.717, 1.165) is 30.4 Å². The van der Waals surface area contributed by atoms with Crippen molar-refractivity contribution >= 4 is 5.82 Å². The molecule has 0 aliphatic heterocycles. The Bertz CT molecular complexity index is 346. The number of hydrogen-bond acceptors (Lipinski definition) is 4. The minimum Gasteiger partial charge on any atom is -0.369 e. The Balaban J connectivity index is 2.50. The molecular weight excluding hydrogens is 224 g/mol. The van der Waals surface area contributed by atoms with E-state index in [0.29, 0.717) is 12.1 Å². The lowest BCUT2D eigenvalue weighted by Gasteiger charge is -2.30. The summed E-state index contributed by atoms with van der Waals surface area (Å²) in [6, 6.07) is 3.13. The number of anilines is 1. The summed E-state index contributed by atoms with van der Waals surface area (Å²) < 4.78 is 0. The van der Waals surface area contributed by atoms with Crippen molar-refractivity contribution in [1.29, 1.82) is 0 Å². The maximum absolute atomic E-state index is 4.38. The van der Waals surface area contributed by atoms with E-state index in [1.165, 1.54) is 0 Å². The van der Waals surface area contributed by atoms with Crippen molar-refractivity contribution < 1.29 is 0 Å². The van der Waals surface area contributed by atoms with Gasteiger partial charge in [0.1, 0.15) is 11.6 Å². The predicted octanol–water partition coefficient (Wildman–Crippen LogP) is 2.62. The van der Waals surface area contributed by atoms with Gasteiger partial charge in [-0.25, -0.2) is 9.97 Å². The Hall–Kier alpha value is -1.16. The van der Waals surface area contributed by atoms with Gasteiger partial charge in [-0.05, 0) is 41.5 Å². The molecule has 0 aliphatic carbocycles. The number of hydrogen-bond donors (Lipinski definition) is 1. The molecule has 102 valence electrons. The molecule has 0 aliphatic rings. The molecule has 0 amide bonds. The third-order valence-electron chi connectivity index (χ3n) is 2.97. The molecule has 0 bridgehead atoms. The summed E-state index contributed by atoms with van der Waals surface area (Å²) in [5.74, 6) is 1.74. The van der Waals surface area contributed by atoms with Crippen molar-refractivity contribution in [1.82, 2.24) is 14.9 Å². The van der Waals surface area contributed by atoms with Crippen LogP contribution in [0.3, 0.4) is 0 Å². The molecule has 0 spiro atoms. The largest absolute Gasteiger partial charge is 0.369 e. The average Bonchev–Trinajstić information content (AvgIpc) is 2.21. The Labute approximate surface area is 111 Å². The zero-order valence-electron chi connectivity index (χ0n) is 12.5. The highest BCUT2D eigenvalue weighted by Crippen LogP contribution is 2.07. The molecule has 4 nitrogen and oxygen atoms in total. The minimum atomic E-state index is 0.570. The molecule has 0 aromatic carbocycles. The van der Waals surface area contributed by atoms with E-state index in [2.05, 4.69) is 47.9 Å². The van der Waals surface area contributed by atoms with E-state index in [-0.39, 0.29) is 0 Å². The molecule has 1 rings (SSSR count). The molecule has 0 saturated heterocycles. The monoisotopic (exact) mass is 250 g/mol. The number of rotatable bonds is 6. The van der Waals surface area contributed by atoms with Crippen LogP contribution in [0.5, 0.6) is 0 Å². The summed E-state index contributed by atoms with van der Waals surface area (Å²) in [6.45, 7) is 14.8. The maximum atomic E-state index is 4.38. The van der Waals surface area contributed by atoms with E-state index in [4.69, 9.17) is 0 Å². The quantitative estimate of drug-likeness (QED) is 0.842.